The van der Waals surface area contributed by atoms with Crippen LogP contribution in [-0.2, 0) is 10.0 Å². The van der Waals surface area contributed by atoms with Crippen molar-refractivity contribution in [2.24, 2.45) is 11.7 Å². The quantitative estimate of drug-likeness (QED) is 0.889. The molecule has 0 saturated heterocycles. The van der Waals surface area contributed by atoms with Crippen molar-refractivity contribution < 1.29 is 8.42 Å². The molecule has 0 bridgehead atoms. The monoisotopic (exact) mass is 282 g/mol. The van der Waals surface area contributed by atoms with Gasteiger partial charge >= 0.3 is 0 Å². The van der Waals surface area contributed by atoms with Crippen molar-refractivity contribution in [2.45, 2.75) is 50.1 Å². The van der Waals surface area contributed by atoms with E-state index in [4.69, 9.17) is 5.73 Å². The van der Waals surface area contributed by atoms with Crippen molar-refractivity contribution >= 4 is 10.0 Å². The van der Waals surface area contributed by atoms with Gasteiger partial charge in [-0.2, -0.15) is 0 Å². The van der Waals surface area contributed by atoms with Gasteiger partial charge in [-0.3, -0.25) is 0 Å². The summed E-state index contributed by atoms with van der Waals surface area (Å²) in [5.74, 6) is 0.415. The molecule has 0 radical (unpaired) electrons. The Bertz CT molecular complexity index is 523. The third-order valence-electron chi connectivity index (χ3n) is 3.88. The molecule has 1 aromatic carbocycles. The molecule has 19 heavy (non-hydrogen) atoms. The van der Waals surface area contributed by atoms with Crippen LogP contribution in [0.4, 0.5) is 0 Å². The Labute approximate surface area is 115 Å². The largest absolute Gasteiger partial charge is 0.324 e. The van der Waals surface area contributed by atoms with Crippen molar-refractivity contribution in [1.82, 2.24) is 4.72 Å². The van der Waals surface area contributed by atoms with E-state index in [1.807, 2.05) is 6.92 Å². The molecular formula is C14H22N2O2S. The highest BCUT2D eigenvalue weighted by atomic mass is 32.2. The van der Waals surface area contributed by atoms with E-state index in [9.17, 15) is 8.42 Å². The maximum Gasteiger partial charge on any atom is 0.240 e. The number of benzene rings is 1. The molecule has 0 aliphatic heterocycles. The van der Waals surface area contributed by atoms with Crippen molar-refractivity contribution in [2.75, 3.05) is 0 Å². The Balaban J connectivity index is 2.15. The minimum absolute atomic E-state index is 0.0677. The van der Waals surface area contributed by atoms with E-state index in [-0.39, 0.29) is 12.1 Å². The van der Waals surface area contributed by atoms with Gasteiger partial charge in [0, 0.05) is 12.1 Å². The van der Waals surface area contributed by atoms with Gasteiger partial charge in [-0.25, -0.2) is 13.1 Å². The Kier molecular flexibility index (Phi) is 4.28. The van der Waals surface area contributed by atoms with E-state index in [1.54, 1.807) is 24.3 Å². The Hall–Kier alpha value is -0.910. The topological polar surface area (TPSA) is 72.2 Å². The van der Waals surface area contributed by atoms with E-state index < -0.39 is 10.0 Å². The predicted octanol–water partition coefficient (Wildman–Crippen LogP) is 2.17. The van der Waals surface area contributed by atoms with Crippen LogP contribution in [0.5, 0.6) is 0 Å². The van der Waals surface area contributed by atoms with Crippen molar-refractivity contribution in [3.05, 3.63) is 29.8 Å². The number of hydrogen-bond donors (Lipinski definition) is 2. The lowest BCUT2D eigenvalue weighted by molar-refractivity contribution is 0.476. The number of nitrogens with one attached hydrogen (secondary N) is 1. The van der Waals surface area contributed by atoms with Crippen LogP contribution in [0.25, 0.3) is 0 Å². The number of rotatable bonds is 4. The third-order valence-corrected chi connectivity index (χ3v) is 5.39. The van der Waals surface area contributed by atoms with E-state index in [1.165, 1.54) is 0 Å². The van der Waals surface area contributed by atoms with Crippen LogP contribution >= 0.6 is 0 Å². The first-order valence-electron chi connectivity index (χ1n) is 6.78. The highest BCUT2D eigenvalue weighted by molar-refractivity contribution is 7.89. The van der Waals surface area contributed by atoms with Gasteiger partial charge in [-0.05, 0) is 43.4 Å². The summed E-state index contributed by atoms with van der Waals surface area (Å²) in [7, 11) is -3.41. The van der Waals surface area contributed by atoms with Gasteiger partial charge < -0.3 is 5.73 Å². The summed E-state index contributed by atoms with van der Waals surface area (Å²) in [6.07, 6.45) is 3.12. The Morgan fingerprint density at radius 3 is 2.37 bits per heavy atom. The molecule has 2 rings (SSSR count). The zero-order chi connectivity index (χ0) is 14.0. The first-order valence-corrected chi connectivity index (χ1v) is 8.26. The average molecular weight is 282 g/mol. The molecule has 1 saturated carbocycles. The van der Waals surface area contributed by atoms with E-state index in [0.717, 1.165) is 24.8 Å². The lowest BCUT2D eigenvalue weighted by Crippen LogP contribution is -2.36. The number of sulfonamides is 1. The van der Waals surface area contributed by atoms with Gasteiger partial charge in [0.15, 0.2) is 0 Å². The van der Waals surface area contributed by atoms with Crippen molar-refractivity contribution in [3.8, 4) is 0 Å². The van der Waals surface area contributed by atoms with Crippen molar-refractivity contribution in [3.63, 3.8) is 0 Å². The minimum atomic E-state index is -3.41. The normalized spacial score (nSPS) is 25.4. The smallest absolute Gasteiger partial charge is 0.240 e. The molecule has 1 aliphatic rings. The summed E-state index contributed by atoms with van der Waals surface area (Å²) >= 11 is 0. The lowest BCUT2D eigenvalue weighted by atomic mass is 10.1. The van der Waals surface area contributed by atoms with Gasteiger partial charge in [-0.1, -0.05) is 25.5 Å². The summed E-state index contributed by atoms with van der Waals surface area (Å²) in [4.78, 5) is 0.316. The summed E-state index contributed by atoms with van der Waals surface area (Å²) in [6.45, 7) is 3.97. The predicted molar refractivity (Wildman–Crippen MR) is 76.2 cm³/mol. The van der Waals surface area contributed by atoms with Crippen LogP contribution in [0, 0.1) is 5.92 Å². The van der Waals surface area contributed by atoms with Crippen LogP contribution in [0.15, 0.2) is 29.2 Å². The van der Waals surface area contributed by atoms with Crippen LogP contribution in [0.1, 0.15) is 44.7 Å². The highest BCUT2D eigenvalue weighted by Crippen LogP contribution is 2.26. The minimum Gasteiger partial charge on any atom is -0.324 e. The van der Waals surface area contributed by atoms with Crippen LogP contribution in [0.3, 0.4) is 0 Å². The van der Waals surface area contributed by atoms with Crippen LogP contribution in [-0.4, -0.2) is 14.5 Å². The van der Waals surface area contributed by atoms with Gasteiger partial charge in [-0.15, -0.1) is 0 Å². The molecule has 1 aromatic rings. The molecule has 1 fully saturated rings. The molecular weight excluding hydrogens is 260 g/mol. The SMILES string of the molecule is CC(N)c1ccc(S(=O)(=O)NC2CCCC2C)cc1. The first kappa shape index (κ1) is 14.5. The zero-order valence-corrected chi connectivity index (χ0v) is 12.3. The second-order valence-electron chi connectivity index (χ2n) is 5.49. The molecule has 0 heterocycles. The van der Waals surface area contributed by atoms with Crippen molar-refractivity contribution in [1.29, 1.82) is 0 Å². The average Bonchev–Trinajstić information content (AvgIpc) is 2.74. The van der Waals surface area contributed by atoms with Crippen LogP contribution < -0.4 is 10.5 Å². The Morgan fingerprint density at radius 1 is 1.26 bits per heavy atom. The zero-order valence-electron chi connectivity index (χ0n) is 11.5. The van der Waals surface area contributed by atoms with Gasteiger partial charge in [0.1, 0.15) is 0 Å². The summed E-state index contributed by atoms with van der Waals surface area (Å²) < 4.78 is 27.4. The summed E-state index contributed by atoms with van der Waals surface area (Å²) in [6, 6.07) is 6.79. The molecule has 3 unspecified atom stereocenters. The standard InChI is InChI=1S/C14H22N2O2S/c1-10-4-3-5-14(10)16-19(17,18)13-8-6-12(7-9-13)11(2)15/h6-11,14,16H,3-5,15H2,1-2H3. The van der Waals surface area contributed by atoms with Gasteiger partial charge in [0.05, 0.1) is 4.90 Å². The maximum atomic E-state index is 12.3. The fraction of sp³-hybridized carbons (Fsp3) is 0.571. The van der Waals surface area contributed by atoms with E-state index in [0.29, 0.717) is 10.8 Å². The second-order valence-corrected chi connectivity index (χ2v) is 7.21. The Morgan fingerprint density at radius 2 is 1.89 bits per heavy atom. The summed E-state index contributed by atoms with van der Waals surface area (Å²) in [5.41, 5.74) is 6.70. The van der Waals surface area contributed by atoms with E-state index in [2.05, 4.69) is 11.6 Å². The third kappa shape index (κ3) is 3.35. The molecule has 5 heteroatoms. The summed E-state index contributed by atoms with van der Waals surface area (Å²) in [5, 5.41) is 0. The molecule has 3 atom stereocenters. The van der Waals surface area contributed by atoms with E-state index >= 15 is 0 Å². The number of nitrogens with two attached hydrogens (primary N) is 1. The molecule has 0 aromatic heterocycles. The molecule has 106 valence electrons. The number of hydrogen-bond acceptors (Lipinski definition) is 3. The van der Waals surface area contributed by atoms with Gasteiger partial charge in [0.2, 0.25) is 10.0 Å². The first-order chi connectivity index (χ1) is 8.90. The van der Waals surface area contributed by atoms with Gasteiger partial charge in [0.25, 0.3) is 0 Å². The molecule has 1 aliphatic carbocycles. The maximum absolute atomic E-state index is 12.3. The molecule has 0 spiro atoms. The fourth-order valence-corrected chi connectivity index (χ4v) is 3.92. The lowest BCUT2D eigenvalue weighted by Gasteiger charge is -2.17. The molecule has 0 amide bonds. The van der Waals surface area contributed by atoms with Crippen LogP contribution in [0.2, 0.25) is 0 Å². The highest BCUT2D eigenvalue weighted by Gasteiger charge is 2.28. The fourth-order valence-electron chi connectivity index (χ4n) is 2.54. The molecule has 4 nitrogen and oxygen atoms in total. The molecule has 3 N–H and O–H groups in total. The second kappa shape index (κ2) is 5.61.